The zero-order valence-electron chi connectivity index (χ0n) is 5.39. The van der Waals surface area contributed by atoms with E-state index in [1.54, 1.807) is 0 Å². The molecule has 0 aromatic heterocycles. The summed E-state index contributed by atoms with van der Waals surface area (Å²) in [5.41, 5.74) is 5.44. The Morgan fingerprint density at radius 3 is 1.90 bits per heavy atom. The highest BCUT2D eigenvalue weighted by Crippen LogP contribution is 2.63. The quantitative estimate of drug-likeness (QED) is 0.583. The Bertz CT molecular complexity index is 137. The topological polar surface area (TPSA) is 26.0 Å². The van der Waals surface area contributed by atoms with E-state index in [4.69, 9.17) is 5.73 Å². The van der Waals surface area contributed by atoms with Crippen LogP contribution >= 0.6 is 12.4 Å². The van der Waals surface area contributed by atoms with E-state index in [9.17, 15) is 8.78 Å². The molecule has 0 aromatic carbocycles. The lowest BCUT2D eigenvalue weighted by Crippen LogP contribution is -2.21. The summed E-state index contributed by atoms with van der Waals surface area (Å²) in [6, 6.07) is 0.0552. The summed E-state index contributed by atoms with van der Waals surface area (Å²) in [5, 5.41) is 0. The van der Waals surface area contributed by atoms with E-state index in [2.05, 4.69) is 0 Å². The zero-order chi connectivity index (χ0) is 6.65. The zero-order valence-corrected chi connectivity index (χ0v) is 6.20. The van der Waals surface area contributed by atoms with Gasteiger partial charge in [0.2, 0.25) is 0 Å². The normalized spacial score (nSPS) is 47.7. The first-order chi connectivity index (χ1) is 4.12. The highest BCUT2D eigenvalue weighted by molar-refractivity contribution is 5.85. The molecule has 10 heavy (non-hydrogen) atoms. The minimum Gasteiger partial charge on any atom is -0.328 e. The average Bonchev–Trinajstić information content (AvgIpc) is 2.27. The van der Waals surface area contributed by atoms with Gasteiger partial charge in [0.15, 0.2) is 0 Å². The minimum absolute atomic E-state index is 0. The van der Waals surface area contributed by atoms with Crippen LogP contribution in [0, 0.1) is 11.8 Å². The molecule has 1 nitrogen and oxygen atoms in total. The van der Waals surface area contributed by atoms with Gasteiger partial charge in [0.05, 0.1) is 0 Å². The average molecular weight is 170 g/mol. The molecule has 0 aromatic rings. The molecular formula is C6H10ClF2N. The van der Waals surface area contributed by atoms with Crippen LogP contribution in [0.3, 0.4) is 0 Å². The van der Waals surface area contributed by atoms with E-state index >= 15 is 0 Å². The van der Waals surface area contributed by atoms with Gasteiger partial charge in [-0.05, 0) is 12.8 Å². The molecule has 0 spiro atoms. The summed E-state index contributed by atoms with van der Waals surface area (Å²) in [7, 11) is 0. The summed E-state index contributed by atoms with van der Waals surface area (Å²) in [4.78, 5) is 0. The third-order valence-corrected chi connectivity index (χ3v) is 2.48. The van der Waals surface area contributed by atoms with E-state index in [1.165, 1.54) is 0 Å². The highest BCUT2D eigenvalue weighted by atomic mass is 35.5. The van der Waals surface area contributed by atoms with Gasteiger partial charge in [-0.1, -0.05) is 0 Å². The lowest BCUT2D eigenvalue weighted by Gasteiger charge is -2.06. The van der Waals surface area contributed by atoms with Gasteiger partial charge in [-0.3, -0.25) is 0 Å². The molecule has 0 heterocycles. The first-order valence-electron chi connectivity index (χ1n) is 3.25. The van der Waals surface area contributed by atoms with Crippen LogP contribution < -0.4 is 5.73 Å². The Kier molecular flexibility index (Phi) is 1.68. The molecule has 60 valence electrons. The molecule has 2 unspecified atom stereocenters. The number of halogens is 3. The molecule has 0 amide bonds. The second kappa shape index (κ2) is 2.05. The molecule has 2 fully saturated rings. The van der Waals surface area contributed by atoms with Gasteiger partial charge >= 0.3 is 0 Å². The maximum absolute atomic E-state index is 12.4. The second-order valence-electron chi connectivity index (χ2n) is 3.12. The Morgan fingerprint density at radius 2 is 1.60 bits per heavy atom. The lowest BCUT2D eigenvalue weighted by atomic mass is 10.2. The van der Waals surface area contributed by atoms with Gasteiger partial charge in [-0.15, -0.1) is 12.4 Å². The van der Waals surface area contributed by atoms with Crippen molar-refractivity contribution in [2.75, 3.05) is 0 Å². The number of nitrogens with two attached hydrogens (primary N) is 1. The van der Waals surface area contributed by atoms with E-state index < -0.39 is 5.92 Å². The fraction of sp³-hybridized carbons (Fsp3) is 1.00. The summed E-state index contributed by atoms with van der Waals surface area (Å²) >= 11 is 0. The van der Waals surface area contributed by atoms with Crippen molar-refractivity contribution in [2.45, 2.75) is 24.8 Å². The molecule has 2 atom stereocenters. The number of alkyl halides is 2. The summed E-state index contributed by atoms with van der Waals surface area (Å²) in [5.74, 6) is -3.05. The maximum Gasteiger partial charge on any atom is 0.254 e. The van der Waals surface area contributed by atoms with Crippen molar-refractivity contribution in [1.82, 2.24) is 0 Å². The molecule has 0 bridgehead atoms. The second-order valence-corrected chi connectivity index (χ2v) is 3.12. The fourth-order valence-electron chi connectivity index (χ4n) is 1.85. The Hall–Kier alpha value is 0.110. The third-order valence-electron chi connectivity index (χ3n) is 2.48. The molecule has 0 radical (unpaired) electrons. The first-order valence-corrected chi connectivity index (χ1v) is 3.25. The predicted octanol–water partition coefficient (Wildman–Crippen LogP) is 1.41. The van der Waals surface area contributed by atoms with E-state index in [0.717, 1.165) is 0 Å². The molecule has 4 heteroatoms. The molecule has 2 saturated carbocycles. The monoisotopic (exact) mass is 169 g/mol. The van der Waals surface area contributed by atoms with Crippen LogP contribution in [0.1, 0.15) is 12.8 Å². The SMILES string of the molecule is Cl.NC1CC2C(C1)C2(F)F. The molecule has 2 aliphatic rings. The Morgan fingerprint density at radius 1 is 1.20 bits per heavy atom. The van der Waals surface area contributed by atoms with Crippen molar-refractivity contribution in [2.24, 2.45) is 17.6 Å². The lowest BCUT2D eigenvalue weighted by molar-refractivity contribution is 0.0699. The molecule has 0 saturated heterocycles. The number of hydrogen-bond acceptors (Lipinski definition) is 1. The van der Waals surface area contributed by atoms with Crippen LogP contribution in [0.15, 0.2) is 0 Å². The Labute approximate surface area is 64.4 Å². The van der Waals surface area contributed by atoms with Gasteiger partial charge in [0, 0.05) is 17.9 Å². The first kappa shape index (κ1) is 8.21. The van der Waals surface area contributed by atoms with Gasteiger partial charge in [0.25, 0.3) is 5.92 Å². The molecule has 2 aliphatic carbocycles. The summed E-state index contributed by atoms with van der Waals surface area (Å²) in [6.07, 6.45) is 1.08. The minimum atomic E-state index is -2.34. The molecule has 2 rings (SSSR count). The predicted molar refractivity (Wildman–Crippen MR) is 36.4 cm³/mol. The fourth-order valence-corrected chi connectivity index (χ4v) is 1.85. The number of hydrogen-bond donors (Lipinski definition) is 1. The third kappa shape index (κ3) is 0.839. The van der Waals surface area contributed by atoms with E-state index in [1.807, 2.05) is 0 Å². The Balaban J connectivity index is 0.000000500. The van der Waals surface area contributed by atoms with Crippen molar-refractivity contribution in [3.8, 4) is 0 Å². The van der Waals surface area contributed by atoms with E-state index in [-0.39, 0.29) is 30.3 Å². The van der Waals surface area contributed by atoms with E-state index in [0.29, 0.717) is 12.8 Å². The van der Waals surface area contributed by atoms with Crippen molar-refractivity contribution in [1.29, 1.82) is 0 Å². The number of rotatable bonds is 0. The molecule has 2 N–H and O–H groups in total. The molecule has 0 aliphatic heterocycles. The summed E-state index contributed by atoms with van der Waals surface area (Å²) < 4.78 is 24.7. The van der Waals surface area contributed by atoms with Crippen molar-refractivity contribution < 1.29 is 8.78 Å². The van der Waals surface area contributed by atoms with Crippen LogP contribution in [-0.2, 0) is 0 Å². The number of fused-ring (bicyclic) bond motifs is 1. The van der Waals surface area contributed by atoms with Crippen LogP contribution in [0.4, 0.5) is 8.78 Å². The van der Waals surface area contributed by atoms with Gasteiger partial charge in [-0.2, -0.15) is 0 Å². The van der Waals surface area contributed by atoms with Crippen LogP contribution in [0.25, 0.3) is 0 Å². The smallest absolute Gasteiger partial charge is 0.254 e. The molecular weight excluding hydrogens is 160 g/mol. The van der Waals surface area contributed by atoms with Crippen molar-refractivity contribution in [3.63, 3.8) is 0 Å². The summed E-state index contributed by atoms with van der Waals surface area (Å²) in [6.45, 7) is 0. The standard InChI is InChI=1S/C6H9F2N.ClH/c7-6(8)4-1-3(9)2-5(4)6;/h3-5H,1-2,9H2;1H. The van der Waals surface area contributed by atoms with Crippen LogP contribution in [0.2, 0.25) is 0 Å². The van der Waals surface area contributed by atoms with Crippen LogP contribution in [-0.4, -0.2) is 12.0 Å². The largest absolute Gasteiger partial charge is 0.328 e. The maximum atomic E-state index is 12.4. The van der Waals surface area contributed by atoms with Crippen molar-refractivity contribution >= 4 is 12.4 Å². The van der Waals surface area contributed by atoms with Gasteiger partial charge < -0.3 is 5.73 Å². The highest BCUT2D eigenvalue weighted by Gasteiger charge is 2.70. The van der Waals surface area contributed by atoms with Gasteiger partial charge in [0.1, 0.15) is 0 Å². The van der Waals surface area contributed by atoms with Crippen molar-refractivity contribution in [3.05, 3.63) is 0 Å². The van der Waals surface area contributed by atoms with Crippen LogP contribution in [0.5, 0.6) is 0 Å². The van der Waals surface area contributed by atoms with Gasteiger partial charge in [-0.25, -0.2) is 8.78 Å².